The molecule has 1 rings (SSSR count). The number of nitrogens with zero attached hydrogens (tertiary/aromatic N) is 3. The summed E-state index contributed by atoms with van der Waals surface area (Å²) in [6, 6.07) is 0.991. The summed E-state index contributed by atoms with van der Waals surface area (Å²) in [6.07, 6.45) is 3.84. The lowest BCUT2D eigenvalue weighted by atomic mass is 10.2. The lowest BCUT2D eigenvalue weighted by Gasteiger charge is -2.24. The Hall–Kier alpha value is -0.350. The lowest BCUT2D eigenvalue weighted by molar-refractivity contribution is 0.231. The van der Waals surface area contributed by atoms with Crippen molar-refractivity contribution in [2.24, 2.45) is 0 Å². The fraction of sp³-hybridized carbons (Fsp3) is 0.700. The zero-order chi connectivity index (χ0) is 10.7. The van der Waals surface area contributed by atoms with Gasteiger partial charge in [0.25, 0.3) is 0 Å². The first-order valence-corrected chi connectivity index (χ1v) is 5.70. The van der Waals surface area contributed by atoms with Gasteiger partial charge in [0.15, 0.2) is 0 Å². The van der Waals surface area contributed by atoms with E-state index in [-0.39, 0.29) is 0 Å². The fourth-order valence-electron chi connectivity index (χ4n) is 1.27. The Kier molecular flexibility index (Phi) is 4.13. The summed E-state index contributed by atoms with van der Waals surface area (Å²) >= 11 is 3.40. The minimum Gasteiger partial charge on any atom is -0.302 e. The van der Waals surface area contributed by atoms with E-state index in [1.807, 2.05) is 17.1 Å². The highest BCUT2D eigenvalue weighted by Crippen LogP contribution is 2.12. The van der Waals surface area contributed by atoms with Gasteiger partial charge in [-0.25, -0.2) is 0 Å². The molecule has 0 bridgehead atoms. The third kappa shape index (κ3) is 3.10. The van der Waals surface area contributed by atoms with E-state index in [2.05, 4.69) is 53.7 Å². The van der Waals surface area contributed by atoms with Gasteiger partial charge in [0.05, 0.1) is 16.7 Å². The highest BCUT2D eigenvalue weighted by atomic mass is 79.9. The minimum atomic E-state index is 0.411. The Morgan fingerprint density at radius 2 is 2.14 bits per heavy atom. The molecule has 0 aliphatic carbocycles. The summed E-state index contributed by atoms with van der Waals surface area (Å²) in [7, 11) is 2.14. The van der Waals surface area contributed by atoms with E-state index in [1.165, 1.54) is 0 Å². The summed E-state index contributed by atoms with van der Waals surface area (Å²) in [5.74, 6) is 0. The molecule has 3 nitrogen and oxygen atoms in total. The first-order valence-electron chi connectivity index (χ1n) is 4.90. The summed E-state index contributed by atoms with van der Waals surface area (Å²) in [4.78, 5) is 2.32. The number of hydrogen-bond acceptors (Lipinski definition) is 2. The molecule has 0 aromatic carbocycles. The van der Waals surface area contributed by atoms with E-state index in [9.17, 15) is 0 Å². The molecular weight excluding hydrogens is 242 g/mol. The molecule has 0 N–H and O–H groups in total. The zero-order valence-corrected chi connectivity index (χ0v) is 10.8. The van der Waals surface area contributed by atoms with Crippen LogP contribution >= 0.6 is 15.9 Å². The SMILES string of the molecule is CC(C)N(C)CC(C)n1cc(Br)cn1. The summed E-state index contributed by atoms with van der Waals surface area (Å²) in [5, 5.41) is 4.27. The third-order valence-electron chi connectivity index (χ3n) is 2.46. The Morgan fingerprint density at radius 1 is 1.50 bits per heavy atom. The van der Waals surface area contributed by atoms with Crippen LogP contribution < -0.4 is 0 Å². The van der Waals surface area contributed by atoms with Gasteiger partial charge in [0, 0.05) is 18.8 Å². The molecule has 1 aromatic rings. The molecule has 1 unspecified atom stereocenters. The standard InChI is InChI=1S/C10H18BrN3/c1-8(2)13(4)6-9(3)14-7-10(11)5-12-14/h5,7-9H,6H2,1-4H3. The van der Waals surface area contributed by atoms with E-state index >= 15 is 0 Å². The average Bonchev–Trinajstić information content (AvgIpc) is 2.51. The molecule has 0 aliphatic heterocycles. The molecule has 0 radical (unpaired) electrons. The van der Waals surface area contributed by atoms with E-state index in [0.29, 0.717) is 12.1 Å². The molecule has 14 heavy (non-hydrogen) atoms. The average molecular weight is 260 g/mol. The predicted octanol–water partition coefficient (Wildman–Crippen LogP) is 2.55. The van der Waals surface area contributed by atoms with Crippen LogP contribution in [0.2, 0.25) is 0 Å². The van der Waals surface area contributed by atoms with Crippen molar-refractivity contribution in [1.29, 1.82) is 0 Å². The van der Waals surface area contributed by atoms with Crippen LogP contribution in [-0.4, -0.2) is 34.3 Å². The molecule has 1 atom stereocenters. The predicted molar refractivity (Wildman–Crippen MR) is 62.4 cm³/mol. The summed E-state index contributed by atoms with van der Waals surface area (Å²) < 4.78 is 3.03. The van der Waals surface area contributed by atoms with E-state index in [1.54, 1.807) is 0 Å². The van der Waals surface area contributed by atoms with Crippen LogP contribution in [0, 0.1) is 0 Å². The van der Waals surface area contributed by atoms with Crippen molar-refractivity contribution < 1.29 is 0 Å². The Bertz CT molecular complexity index is 283. The second kappa shape index (κ2) is 4.94. The molecule has 1 aromatic heterocycles. The Labute approximate surface area is 94.2 Å². The second-order valence-electron chi connectivity index (χ2n) is 4.02. The topological polar surface area (TPSA) is 21.1 Å². The highest BCUT2D eigenvalue weighted by Gasteiger charge is 2.11. The van der Waals surface area contributed by atoms with Crippen molar-refractivity contribution in [3.8, 4) is 0 Å². The van der Waals surface area contributed by atoms with Gasteiger partial charge in [-0.1, -0.05) is 0 Å². The molecular formula is C10H18BrN3. The van der Waals surface area contributed by atoms with Crippen molar-refractivity contribution >= 4 is 15.9 Å². The fourth-order valence-corrected chi connectivity index (χ4v) is 1.57. The van der Waals surface area contributed by atoms with Crippen molar-refractivity contribution in [3.05, 3.63) is 16.9 Å². The molecule has 0 saturated heterocycles. The van der Waals surface area contributed by atoms with Crippen LogP contribution in [0.4, 0.5) is 0 Å². The Balaban J connectivity index is 2.54. The van der Waals surface area contributed by atoms with E-state index in [0.717, 1.165) is 11.0 Å². The van der Waals surface area contributed by atoms with Crippen LogP contribution in [0.1, 0.15) is 26.8 Å². The van der Waals surface area contributed by atoms with Gasteiger partial charge in [0.1, 0.15) is 0 Å². The van der Waals surface area contributed by atoms with E-state index in [4.69, 9.17) is 0 Å². The van der Waals surface area contributed by atoms with Gasteiger partial charge < -0.3 is 4.90 Å². The highest BCUT2D eigenvalue weighted by molar-refractivity contribution is 9.10. The van der Waals surface area contributed by atoms with Gasteiger partial charge in [0.2, 0.25) is 0 Å². The smallest absolute Gasteiger partial charge is 0.0632 e. The molecule has 0 spiro atoms. The van der Waals surface area contributed by atoms with E-state index < -0.39 is 0 Å². The molecule has 0 fully saturated rings. The molecule has 1 heterocycles. The maximum atomic E-state index is 4.27. The van der Waals surface area contributed by atoms with Gasteiger partial charge >= 0.3 is 0 Å². The normalized spacial score (nSPS) is 13.9. The van der Waals surface area contributed by atoms with Gasteiger partial charge in [-0.05, 0) is 43.7 Å². The largest absolute Gasteiger partial charge is 0.302 e. The molecule has 4 heteroatoms. The number of likely N-dealkylation sites (N-methyl/N-ethyl adjacent to an activating group) is 1. The van der Waals surface area contributed by atoms with Crippen LogP contribution in [0.25, 0.3) is 0 Å². The van der Waals surface area contributed by atoms with Crippen molar-refractivity contribution in [3.63, 3.8) is 0 Å². The third-order valence-corrected chi connectivity index (χ3v) is 2.86. The maximum absolute atomic E-state index is 4.27. The van der Waals surface area contributed by atoms with Gasteiger partial charge in [-0.3, -0.25) is 4.68 Å². The number of halogens is 1. The first kappa shape index (κ1) is 11.7. The van der Waals surface area contributed by atoms with Gasteiger partial charge in [-0.15, -0.1) is 0 Å². The van der Waals surface area contributed by atoms with Crippen molar-refractivity contribution in [2.75, 3.05) is 13.6 Å². The minimum absolute atomic E-state index is 0.411. The van der Waals surface area contributed by atoms with Crippen LogP contribution in [0.5, 0.6) is 0 Å². The quantitative estimate of drug-likeness (QED) is 0.829. The first-order chi connectivity index (χ1) is 6.50. The van der Waals surface area contributed by atoms with Crippen LogP contribution in [0.3, 0.4) is 0 Å². The van der Waals surface area contributed by atoms with Crippen LogP contribution in [0.15, 0.2) is 16.9 Å². The molecule has 0 amide bonds. The maximum Gasteiger partial charge on any atom is 0.0632 e. The monoisotopic (exact) mass is 259 g/mol. The molecule has 0 aliphatic rings. The lowest BCUT2D eigenvalue weighted by Crippen LogP contribution is -2.31. The van der Waals surface area contributed by atoms with Crippen molar-refractivity contribution in [1.82, 2.24) is 14.7 Å². The van der Waals surface area contributed by atoms with Gasteiger partial charge in [-0.2, -0.15) is 5.10 Å². The van der Waals surface area contributed by atoms with Crippen LogP contribution in [-0.2, 0) is 0 Å². The number of hydrogen-bond donors (Lipinski definition) is 0. The van der Waals surface area contributed by atoms with Crippen molar-refractivity contribution in [2.45, 2.75) is 32.9 Å². The summed E-state index contributed by atoms with van der Waals surface area (Å²) in [6.45, 7) is 7.60. The number of aromatic nitrogens is 2. The Morgan fingerprint density at radius 3 is 2.57 bits per heavy atom. The molecule has 0 saturated carbocycles. The zero-order valence-electron chi connectivity index (χ0n) is 9.24. The summed E-state index contributed by atoms with van der Waals surface area (Å²) in [5.41, 5.74) is 0. The number of rotatable bonds is 4. The molecule has 80 valence electrons. The second-order valence-corrected chi connectivity index (χ2v) is 4.94.